The number of benzene rings is 1. The summed E-state index contributed by atoms with van der Waals surface area (Å²) in [6.07, 6.45) is 3.22. The highest BCUT2D eigenvalue weighted by Gasteiger charge is 2.29. The Hall–Kier alpha value is -0.790. The van der Waals surface area contributed by atoms with Crippen molar-refractivity contribution >= 4 is 17.7 Å². The van der Waals surface area contributed by atoms with Crippen molar-refractivity contribution in [1.82, 2.24) is 0 Å². The minimum absolute atomic E-state index is 0.111. The second kappa shape index (κ2) is 3.99. The van der Waals surface area contributed by atoms with Crippen molar-refractivity contribution < 1.29 is 4.74 Å². The predicted molar refractivity (Wildman–Crippen MR) is 64.1 cm³/mol. The number of hydrogen-bond donors (Lipinski definition) is 0. The molecule has 0 radical (unpaired) electrons. The molecule has 1 aromatic carbocycles. The monoisotopic (exact) mass is 222 g/mol. The van der Waals surface area contributed by atoms with E-state index in [2.05, 4.69) is 19.9 Å². The molecule has 2 heteroatoms. The first-order valence-corrected chi connectivity index (χ1v) is 5.56. The zero-order valence-electron chi connectivity index (χ0n) is 9.09. The van der Waals surface area contributed by atoms with Crippen LogP contribution < -0.4 is 0 Å². The molecule has 0 amide bonds. The number of hydrogen-bond acceptors (Lipinski definition) is 1. The lowest BCUT2D eigenvalue weighted by atomic mass is 9.96. The molecule has 0 spiro atoms. The van der Waals surface area contributed by atoms with E-state index in [1.807, 2.05) is 24.3 Å². The molecule has 2 rings (SSSR count). The zero-order valence-corrected chi connectivity index (χ0v) is 9.84. The maximum Gasteiger partial charge on any atom is 0.0839 e. The fourth-order valence-electron chi connectivity index (χ4n) is 1.82. The lowest BCUT2D eigenvalue weighted by Gasteiger charge is -2.18. The molecule has 1 aliphatic rings. The van der Waals surface area contributed by atoms with Gasteiger partial charge in [0.1, 0.15) is 0 Å². The van der Waals surface area contributed by atoms with Crippen LogP contribution in [-0.4, -0.2) is 12.2 Å². The Labute approximate surface area is 95.7 Å². The van der Waals surface area contributed by atoms with Gasteiger partial charge in [0.15, 0.2) is 0 Å². The van der Waals surface area contributed by atoms with Crippen LogP contribution in [0.25, 0.3) is 6.08 Å². The van der Waals surface area contributed by atoms with E-state index in [0.717, 1.165) is 18.1 Å². The summed E-state index contributed by atoms with van der Waals surface area (Å²) in [5, 5.41) is 0.777. The van der Waals surface area contributed by atoms with Gasteiger partial charge in [0.05, 0.1) is 12.2 Å². The average molecular weight is 223 g/mol. The molecule has 0 N–H and O–H groups in total. The Morgan fingerprint density at radius 2 is 1.93 bits per heavy atom. The van der Waals surface area contributed by atoms with Crippen LogP contribution in [0.1, 0.15) is 25.8 Å². The van der Waals surface area contributed by atoms with Crippen molar-refractivity contribution in [3.05, 3.63) is 40.4 Å². The van der Waals surface area contributed by atoms with Crippen LogP contribution in [0.15, 0.2) is 29.8 Å². The third-order valence-electron chi connectivity index (χ3n) is 2.82. The summed E-state index contributed by atoms with van der Waals surface area (Å²) in [5.41, 5.74) is 2.43. The molecule has 0 aromatic heterocycles. The summed E-state index contributed by atoms with van der Waals surface area (Å²) < 4.78 is 5.65. The molecule has 1 fully saturated rings. The van der Waals surface area contributed by atoms with E-state index in [1.54, 1.807) is 0 Å². The van der Waals surface area contributed by atoms with Crippen LogP contribution in [0.3, 0.4) is 0 Å². The molecular formula is C13H15ClO. The molecule has 15 heavy (non-hydrogen) atoms. The Morgan fingerprint density at radius 1 is 1.27 bits per heavy atom. The van der Waals surface area contributed by atoms with Crippen LogP contribution in [-0.2, 0) is 4.74 Å². The van der Waals surface area contributed by atoms with E-state index in [-0.39, 0.29) is 5.60 Å². The third-order valence-corrected chi connectivity index (χ3v) is 3.07. The fraction of sp³-hybridized carbons (Fsp3) is 0.385. The second-order valence-corrected chi connectivity index (χ2v) is 4.77. The Morgan fingerprint density at radius 3 is 2.47 bits per heavy atom. The van der Waals surface area contributed by atoms with Crippen LogP contribution in [0.2, 0.25) is 5.02 Å². The van der Waals surface area contributed by atoms with Crippen LogP contribution in [0.5, 0.6) is 0 Å². The van der Waals surface area contributed by atoms with E-state index >= 15 is 0 Å². The summed E-state index contributed by atoms with van der Waals surface area (Å²) in [6, 6.07) is 7.89. The second-order valence-electron chi connectivity index (χ2n) is 4.33. The SMILES string of the molecule is CC1(C)OCC/C1=C\c1ccc(Cl)cc1. The van der Waals surface area contributed by atoms with Gasteiger partial charge in [-0.05, 0) is 43.5 Å². The molecule has 1 aliphatic heterocycles. The zero-order chi connectivity index (χ0) is 10.9. The standard InChI is InChI=1S/C13H15ClO/c1-13(2)11(7-8-15-13)9-10-3-5-12(14)6-4-10/h3-6,9H,7-8H2,1-2H3/b11-9+. The van der Waals surface area contributed by atoms with Gasteiger partial charge in [-0.1, -0.05) is 29.8 Å². The van der Waals surface area contributed by atoms with Crippen LogP contribution in [0, 0.1) is 0 Å². The van der Waals surface area contributed by atoms with Crippen LogP contribution >= 0.6 is 11.6 Å². The fourth-order valence-corrected chi connectivity index (χ4v) is 1.94. The molecule has 0 aliphatic carbocycles. The molecule has 0 bridgehead atoms. The van der Waals surface area contributed by atoms with Gasteiger partial charge < -0.3 is 4.74 Å². The quantitative estimate of drug-likeness (QED) is 0.700. The summed E-state index contributed by atoms with van der Waals surface area (Å²) in [4.78, 5) is 0. The van der Waals surface area contributed by atoms with Gasteiger partial charge in [-0.25, -0.2) is 0 Å². The van der Waals surface area contributed by atoms with E-state index in [0.29, 0.717) is 0 Å². The Bertz CT molecular complexity index is 376. The van der Waals surface area contributed by atoms with Crippen molar-refractivity contribution in [2.24, 2.45) is 0 Å². The minimum Gasteiger partial charge on any atom is -0.371 e. The minimum atomic E-state index is -0.111. The molecule has 0 saturated carbocycles. The van der Waals surface area contributed by atoms with Crippen molar-refractivity contribution in [2.45, 2.75) is 25.9 Å². The first-order chi connectivity index (χ1) is 7.08. The van der Waals surface area contributed by atoms with E-state index in [4.69, 9.17) is 16.3 Å². The summed E-state index contributed by atoms with van der Waals surface area (Å²) >= 11 is 5.84. The van der Waals surface area contributed by atoms with Crippen molar-refractivity contribution in [3.8, 4) is 0 Å². The van der Waals surface area contributed by atoms with Crippen molar-refractivity contribution in [3.63, 3.8) is 0 Å². The molecule has 1 nitrogen and oxygen atoms in total. The van der Waals surface area contributed by atoms with Crippen molar-refractivity contribution in [2.75, 3.05) is 6.61 Å². The Balaban J connectivity index is 2.26. The van der Waals surface area contributed by atoms with Gasteiger partial charge in [-0.2, -0.15) is 0 Å². The summed E-state index contributed by atoms with van der Waals surface area (Å²) in [7, 11) is 0. The predicted octanol–water partition coefficient (Wildman–Crippen LogP) is 3.92. The number of ether oxygens (including phenoxy) is 1. The molecular weight excluding hydrogens is 208 g/mol. The maximum absolute atomic E-state index is 5.84. The molecule has 0 unspecified atom stereocenters. The maximum atomic E-state index is 5.84. The van der Waals surface area contributed by atoms with Crippen molar-refractivity contribution in [1.29, 1.82) is 0 Å². The average Bonchev–Trinajstić information content (AvgIpc) is 2.50. The summed E-state index contributed by atoms with van der Waals surface area (Å²) in [5.74, 6) is 0. The Kier molecular flexibility index (Phi) is 2.85. The molecule has 1 heterocycles. The summed E-state index contributed by atoms with van der Waals surface area (Å²) in [6.45, 7) is 5.05. The van der Waals surface area contributed by atoms with Gasteiger partial charge in [0.2, 0.25) is 0 Å². The molecule has 1 saturated heterocycles. The lowest BCUT2D eigenvalue weighted by Crippen LogP contribution is -2.19. The first kappa shape index (κ1) is 10.7. The van der Waals surface area contributed by atoms with E-state index < -0.39 is 0 Å². The molecule has 1 aromatic rings. The number of halogens is 1. The normalized spacial score (nSPS) is 22.2. The van der Waals surface area contributed by atoms with E-state index in [1.165, 1.54) is 11.1 Å². The van der Waals surface area contributed by atoms with Gasteiger partial charge in [-0.3, -0.25) is 0 Å². The van der Waals surface area contributed by atoms with Gasteiger partial charge in [-0.15, -0.1) is 0 Å². The van der Waals surface area contributed by atoms with Gasteiger partial charge >= 0.3 is 0 Å². The first-order valence-electron chi connectivity index (χ1n) is 5.18. The van der Waals surface area contributed by atoms with E-state index in [9.17, 15) is 0 Å². The number of rotatable bonds is 1. The topological polar surface area (TPSA) is 9.23 Å². The van der Waals surface area contributed by atoms with Crippen LogP contribution in [0.4, 0.5) is 0 Å². The lowest BCUT2D eigenvalue weighted by molar-refractivity contribution is 0.0557. The molecule has 0 atom stereocenters. The largest absolute Gasteiger partial charge is 0.371 e. The molecule has 80 valence electrons. The highest BCUT2D eigenvalue weighted by atomic mass is 35.5. The van der Waals surface area contributed by atoms with Gasteiger partial charge in [0.25, 0.3) is 0 Å². The smallest absolute Gasteiger partial charge is 0.0839 e. The highest BCUT2D eigenvalue weighted by molar-refractivity contribution is 6.30. The van der Waals surface area contributed by atoms with Gasteiger partial charge in [0, 0.05) is 5.02 Å². The third kappa shape index (κ3) is 2.42. The highest BCUT2D eigenvalue weighted by Crippen LogP contribution is 2.32.